The number of hydrogen-bond donors (Lipinski definition) is 2. The van der Waals surface area contributed by atoms with E-state index < -0.39 is 10.0 Å². The molecule has 96 valence electrons. The summed E-state index contributed by atoms with van der Waals surface area (Å²) in [6, 6.07) is 3.91. The second kappa shape index (κ2) is 6.50. The lowest BCUT2D eigenvalue weighted by Crippen LogP contribution is -2.18. The molecule has 0 heterocycles. The Morgan fingerprint density at radius 2 is 2.06 bits per heavy atom. The Hall–Kier alpha value is -0.410. The molecule has 0 saturated carbocycles. The van der Waals surface area contributed by atoms with Gasteiger partial charge in [0.2, 0.25) is 10.0 Å². The molecule has 0 atom stereocenters. The molecule has 0 bridgehead atoms. The van der Waals surface area contributed by atoms with Crippen molar-refractivity contribution in [3.63, 3.8) is 0 Å². The minimum absolute atomic E-state index is 0.0255. The maximum Gasteiger partial charge on any atom is 0.232 e. The van der Waals surface area contributed by atoms with Crippen LogP contribution in [0.5, 0.6) is 0 Å². The van der Waals surface area contributed by atoms with Gasteiger partial charge in [-0.1, -0.05) is 0 Å². The van der Waals surface area contributed by atoms with Gasteiger partial charge in [-0.05, 0) is 60.2 Å². The fraction of sp³-hybridized carbons (Fsp3) is 0.400. The standard InChI is InChI=1S/C10H14FIN2O2S/c11-8-3-4-10(9(12)7-8)14-17(15,16)6-2-1-5-13/h3-4,7,14H,1-2,5-6,13H2. The van der Waals surface area contributed by atoms with Gasteiger partial charge in [0, 0.05) is 3.57 Å². The number of nitrogens with two attached hydrogens (primary N) is 1. The Morgan fingerprint density at radius 1 is 1.35 bits per heavy atom. The Bertz CT molecular complexity index is 479. The van der Waals surface area contributed by atoms with Gasteiger partial charge in [0.15, 0.2) is 0 Å². The number of anilines is 1. The van der Waals surface area contributed by atoms with Gasteiger partial charge in [-0.2, -0.15) is 0 Å². The van der Waals surface area contributed by atoms with E-state index in [2.05, 4.69) is 4.72 Å². The summed E-state index contributed by atoms with van der Waals surface area (Å²) >= 11 is 1.88. The summed E-state index contributed by atoms with van der Waals surface area (Å²) in [5, 5.41) is 0. The van der Waals surface area contributed by atoms with E-state index in [4.69, 9.17) is 5.73 Å². The van der Waals surface area contributed by atoms with Crippen LogP contribution in [0.15, 0.2) is 18.2 Å². The summed E-state index contributed by atoms with van der Waals surface area (Å²) in [4.78, 5) is 0. The number of sulfonamides is 1. The topological polar surface area (TPSA) is 72.2 Å². The van der Waals surface area contributed by atoms with E-state index in [1.807, 2.05) is 22.6 Å². The van der Waals surface area contributed by atoms with E-state index in [1.54, 1.807) is 0 Å². The highest BCUT2D eigenvalue weighted by Crippen LogP contribution is 2.20. The van der Waals surface area contributed by atoms with Crippen molar-refractivity contribution in [1.82, 2.24) is 0 Å². The van der Waals surface area contributed by atoms with E-state index in [0.29, 0.717) is 28.6 Å². The molecule has 0 amide bonds. The fourth-order valence-corrected chi connectivity index (χ4v) is 3.22. The molecule has 0 aliphatic heterocycles. The van der Waals surface area contributed by atoms with Crippen molar-refractivity contribution in [2.24, 2.45) is 5.73 Å². The van der Waals surface area contributed by atoms with Gasteiger partial charge in [0.1, 0.15) is 5.82 Å². The Morgan fingerprint density at radius 3 is 2.65 bits per heavy atom. The monoisotopic (exact) mass is 372 g/mol. The number of nitrogens with one attached hydrogen (secondary N) is 1. The van der Waals surface area contributed by atoms with Crippen molar-refractivity contribution in [1.29, 1.82) is 0 Å². The maximum absolute atomic E-state index is 12.8. The van der Waals surface area contributed by atoms with E-state index in [1.165, 1.54) is 18.2 Å². The third kappa shape index (κ3) is 5.17. The highest BCUT2D eigenvalue weighted by molar-refractivity contribution is 14.1. The second-order valence-electron chi connectivity index (χ2n) is 3.54. The third-order valence-corrected chi connectivity index (χ3v) is 4.31. The molecule has 17 heavy (non-hydrogen) atoms. The average Bonchev–Trinajstić information content (AvgIpc) is 2.22. The largest absolute Gasteiger partial charge is 0.330 e. The van der Waals surface area contributed by atoms with Crippen LogP contribution in [-0.4, -0.2) is 20.7 Å². The van der Waals surface area contributed by atoms with E-state index in [0.717, 1.165) is 0 Å². The van der Waals surface area contributed by atoms with Crippen LogP contribution in [0.3, 0.4) is 0 Å². The van der Waals surface area contributed by atoms with Gasteiger partial charge in [-0.15, -0.1) is 0 Å². The van der Waals surface area contributed by atoms with Crippen LogP contribution in [0.2, 0.25) is 0 Å². The minimum Gasteiger partial charge on any atom is -0.330 e. The number of halogens is 2. The molecule has 1 aromatic rings. The summed E-state index contributed by atoms with van der Waals surface area (Å²) < 4.78 is 39.1. The zero-order valence-electron chi connectivity index (χ0n) is 9.12. The van der Waals surface area contributed by atoms with Crippen molar-refractivity contribution in [3.8, 4) is 0 Å². The minimum atomic E-state index is -3.38. The Kier molecular flexibility index (Phi) is 5.60. The first-order valence-corrected chi connectivity index (χ1v) is 7.83. The van der Waals surface area contributed by atoms with Crippen molar-refractivity contribution in [2.75, 3.05) is 17.0 Å². The molecule has 1 aromatic carbocycles. The molecule has 3 N–H and O–H groups in total. The summed E-state index contributed by atoms with van der Waals surface area (Å²) in [5.74, 6) is -0.363. The van der Waals surface area contributed by atoms with Gasteiger partial charge >= 0.3 is 0 Å². The van der Waals surface area contributed by atoms with Crippen molar-refractivity contribution >= 4 is 38.3 Å². The van der Waals surface area contributed by atoms with Crippen LogP contribution >= 0.6 is 22.6 Å². The third-order valence-electron chi connectivity index (χ3n) is 2.06. The smallest absolute Gasteiger partial charge is 0.232 e. The van der Waals surface area contributed by atoms with Crippen LogP contribution in [0, 0.1) is 9.39 Å². The molecule has 4 nitrogen and oxygen atoms in total. The molecule has 1 rings (SSSR count). The first kappa shape index (κ1) is 14.7. The fourth-order valence-electron chi connectivity index (χ4n) is 1.23. The molecule has 7 heteroatoms. The quantitative estimate of drug-likeness (QED) is 0.592. The van der Waals surface area contributed by atoms with Gasteiger partial charge in [-0.25, -0.2) is 12.8 Å². The molecule has 0 aliphatic rings. The first-order valence-electron chi connectivity index (χ1n) is 5.10. The van der Waals surface area contributed by atoms with Crippen molar-refractivity contribution in [3.05, 3.63) is 27.6 Å². The molecular formula is C10H14FIN2O2S. The summed E-state index contributed by atoms with van der Waals surface area (Å²) in [7, 11) is -3.38. The van der Waals surface area contributed by atoms with Gasteiger partial charge < -0.3 is 5.73 Å². The number of hydrogen-bond acceptors (Lipinski definition) is 3. The van der Waals surface area contributed by atoms with Gasteiger partial charge in [-0.3, -0.25) is 4.72 Å². The predicted molar refractivity (Wildman–Crippen MR) is 74.8 cm³/mol. The molecule has 0 aliphatic carbocycles. The van der Waals surface area contributed by atoms with Crippen molar-refractivity contribution < 1.29 is 12.8 Å². The lowest BCUT2D eigenvalue weighted by atomic mass is 10.3. The number of rotatable bonds is 6. The maximum atomic E-state index is 12.8. The number of unbranched alkanes of at least 4 members (excludes halogenated alkanes) is 1. The molecular weight excluding hydrogens is 358 g/mol. The van der Waals surface area contributed by atoms with Crippen LogP contribution in [0.25, 0.3) is 0 Å². The van der Waals surface area contributed by atoms with Crippen molar-refractivity contribution in [2.45, 2.75) is 12.8 Å². The van der Waals surface area contributed by atoms with Crippen LogP contribution in [-0.2, 0) is 10.0 Å². The predicted octanol–water partition coefficient (Wildman–Crippen LogP) is 1.91. The van der Waals surface area contributed by atoms with Gasteiger partial charge in [0.25, 0.3) is 0 Å². The van der Waals surface area contributed by atoms with E-state index in [-0.39, 0.29) is 11.6 Å². The molecule has 0 unspecified atom stereocenters. The SMILES string of the molecule is NCCCCS(=O)(=O)Nc1ccc(F)cc1I. The molecule has 0 saturated heterocycles. The summed E-state index contributed by atoms with van der Waals surface area (Å²) in [5.41, 5.74) is 5.70. The zero-order chi connectivity index (χ0) is 12.9. The summed E-state index contributed by atoms with van der Waals surface area (Å²) in [6.07, 6.45) is 1.19. The van der Waals surface area contributed by atoms with Crippen LogP contribution in [0.4, 0.5) is 10.1 Å². The molecule has 0 fully saturated rings. The first-order chi connectivity index (χ1) is 7.94. The van der Waals surface area contributed by atoms with E-state index >= 15 is 0 Å². The van der Waals surface area contributed by atoms with E-state index in [9.17, 15) is 12.8 Å². The highest BCUT2D eigenvalue weighted by Gasteiger charge is 2.12. The normalized spacial score (nSPS) is 11.5. The van der Waals surface area contributed by atoms with Crippen LogP contribution in [0.1, 0.15) is 12.8 Å². The average molecular weight is 372 g/mol. The molecule has 0 spiro atoms. The Labute approximate surface area is 114 Å². The molecule has 0 aromatic heterocycles. The van der Waals surface area contributed by atoms with Crippen LogP contribution < -0.4 is 10.5 Å². The molecule has 0 radical (unpaired) electrons. The number of benzene rings is 1. The Balaban J connectivity index is 2.69. The lowest BCUT2D eigenvalue weighted by Gasteiger charge is -2.09. The summed E-state index contributed by atoms with van der Waals surface area (Å²) in [6.45, 7) is 0.476. The zero-order valence-corrected chi connectivity index (χ0v) is 12.1. The lowest BCUT2D eigenvalue weighted by molar-refractivity contribution is 0.596. The van der Waals surface area contributed by atoms with Gasteiger partial charge in [0.05, 0.1) is 11.4 Å². The highest BCUT2D eigenvalue weighted by atomic mass is 127. The second-order valence-corrected chi connectivity index (χ2v) is 6.54.